The van der Waals surface area contributed by atoms with Crippen molar-refractivity contribution in [1.82, 2.24) is 4.90 Å². The molecule has 3 rings (SSSR count). The highest BCUT2D eigenvalue weighted by atomic mass is 32.2. The van der Waals surface area contributed by atoms with Crippen LogP contribution in [0.15, 0.2) is 33.0 Å². The molecule has 1 fully saturated rings. The minimum Gasteiger partial charge on any atom is -0.497 e. The summed E-state index contributed by atoms with van der Waals surface area (Å²) in [6.07, 6.45) is 0. The minimum absolute atomic E-state index is 0.00150. The molecule has 0 spiro atoms. The van der Waals surface area contributed by atoms with Crippen LogP contribution in [0.25, 0.3) is 0 Å². The normalized spacial score (nSPS) is 21.3. The molecule has 1 aromatic carbocycles. The molecule has 2 aliphatic heterocycles. The van der Waals surface area contributed by atoms with Crippen molar-refractivity contribution in [2.75, 3.05) is 25.6 Å². The number of ether oxygens (including phenoxy) is 1. The van der Waals surface area contributed by atoms with E-state index in [9.17, 15) is 4.79 Å². The number of hydrogen-bond acceptors (Lipinski definition) is 6. The SMILES string of the molecule is CCN1C(=O)/C(=C2\Sc3ccc(OC)cc3N2C)SC1=S. The lowest BCUT2D eigenvalue weighted by atomic mass is 10.3. The van der Waals surface area contributed by atoms with Gasteiger partial charge in [0.15, 0.2) is 0 Å². The van der Waals surface area contributed by atoms with Crippen LogP contribution in [-0.2, 0) is 4.79 Å². The van der Waals surface area contributed by atoms with Gasteiger partial charge in [0.25, 0.3) is 5.91 Å². The lowest BCUT2D eigenvalue weighted by molar-refractivity contribution is -0.122. The Hall–Kier alpha value is -1.18. The molecule has 0 bridgehead atoms. The molecule has 2 aliphatic rings. The van der Waals surface area contributed by atoms with E-state index in [1.807, 2.05) is 37.1 Å². The fraction of sp³-hybridized carbons (Fsp3) is 0.286. The molecule has 0 atom stereocenters. The number of fused-ring (bicyclic) bond motifs is 1. The van der Waals surface area contributed by atoms with Crippen LogP contribution in [0.5, 0.6) is 5.75 Å². The zero-order chi connectivity index (χ0) is 15.1. The van der Waals surface area contributed by atoms with E-state index in [1.165, 1.54) is 11.8 Å². The predicted octanol–water partition coefficient (Wildman–Crippen LogP) is 3.29. The van der Waals surface area contributed by atoms with Crippen molar-refractivity contribution in [1.29, 1.82) is 0 Å². The number of carbonyl (C=O) groups is 1. The first-order valence-corrected chi connectivity index (χ1v) is 8.48. The monoisotopic (exact) mass is 338 g/mol. The quantitative estimate of drug-likeness (QED) is 0.608. The standard InChI is InChI=1S/C14H14N2O2S3/c1-4-16-12(17)11(21-14(16)19)13-15(2)9-7-8(18-3)5-6-10(9)20-13/h5-7H,4H2,1-3H3/b13-11+. The Morgan fingerprint density at radius 1 is 1.33 bits per heavy atom. The summed E-state index contributed by atoms with van der Waals surface area (Å²) in [5.74, 6) is 0.810. The summed E-state index contributed by atoms with van der Waals surface area (Å²) in [6.45, 7) is 2.54. The molecular formula is C14H14N2O2S3. The number of methoxy groups -OCH3 is 1. The van der Waals surface area contributed by atoms with Crippen molar-refractivity contribution >= 4 is 51.7 Å². The number of thiocarbonyl (C=S) groups is 1. The number of anilines is 1. The van der Waals surface area contributed by atoms with Gasteiger partial charge in [-0.15, -0.1) is 0 Å². The summed E-state index contributed by atoms with van der Waals surface area (Å²) < 4.78 is 5.90. The third-order valence-corrected chi connectivity index (χ3v) is 6.20. The van der Waals surface area contributed by atoms with Gasteiger partial charge in [-0.25, -0.2) is 0 Å². The first-order valence-electron chi connectivity index (χ1n) is 6.44. The molecule has 4 nitrogen and oxygen atoms in total. The summed E-state index contributed by atoms with van der Waals surface area (Å²) in [7, 11) is 3.61. The van der Waals surface area contributed by atoms with Crippen LogP contribution in [0.2, 0.25) is 0 Å². The molecule has 2 heterocycles. The molecule has 110 valence electrons. The number of amides is 1. The maximum Gasteiger partial charge on any atom is 0.268 e. The largest absolute Gasteiger partial charge is 0.497 e. The van der Waals surface area contributed by atoms with Gasteiger partial charge in [0.2, 0.25) is 0 Å². The van der Waals surface area contributed by atoms with Gasteiger partial charge in [-0.3, -0.25) is 9.69 Å². The van der Waals surface area contributed by atoms with E-state index < -0.39 is 0 Å². The molecule has 0 radical (unpaired) electrons. The Bertz CT molecular complexity index is 672. The summed E-state index contributed by atoms with van der Waals surface area (Å²) >= 11 is 8.26. The number of thioether (sulfide) groups is 2. The molecule has 21 heavy (non-hydrogen) atoms. The molecule has 0 unspecified atom stereocenters. The van der Waals surface area contributed by atoms with Crippen LogP contribution in [0.3, 0.4) is 0 Å². The number of rotatable bonds is 2. The van der Waals surface area contributed by atoms with E-state index in [1.54, 1.807) is 23.8 Å². The van der Waals surface area contributed by atoms with Crippen LogP contribution in [0.1, 0.15) is 6.92 Å². The van der Waals surface area contributed by atoms with Gasteiger partial charge in [-0.05, 0) is 19.1 Å². The average molecular weight is 338 g/mol. The van der Waals surface area contributed by atoms with E-state index >= 15 is 0 Å². The van der Waals surface area contributed by atoms with E-state index in [0.29, 0.717) is 15.8 Å². The highest BCUT2D eigenvalue weighted by Gasteiger charge is 2.37. The first-order chi connectivity index (χ1) is 10.1. The number of hydrogen-bond donors (Lipinski definition) is 0. The van der Waals surface area contributed by atoms with Crippen molar-refractivity contribution in [3.8, 4) is 5.75 Å². The van der Waals surface area contributed by atoms with Crippen molar-refractivity contribution in [3.63, 3.8) is 0 Å². The Labute approximate surface area is 137 Å². The molecule has 0 saturated carbocycles. The third kappa shape index (κ3) is 2.33. The molecule has 0 N–H and O–H groups in total. The topological polar surface area (TPSA) is 32.8 Å². The van der Waals surface area contributed by atoms with Gasteiger partial charge in [0.05, 0.1) is 17.8 Å². The highest BCUT2D eigenvalue weighted by Crippen LogP contribution is 2.50. The van der Waals surface area contributed by atoms with Gasteiger partial charge in [0.1, 0.15) is 15.0 Å². The fourth-order valence-corrected chi connectivity index (χ4v) is 4.94. The van der Waals surface area contributed by atoms with E-state index in [2.05, 4.69) is 0 Å². The second-order valence-electron chi connectivity index (χ2n) is 4.55. The van der Waals surface area contributed by atoms with Crippen molar-refractivity contribution < 1.29 is 9.53 Å². The molecule has 0 aromatic heterocycles. The van der Waals surface area contributed by atoms with E-state index in [4.69, 9.17) is 17.0 Å². The van der Waals surface area contributed by atoms with E-state index in [-0.39, 0.29) is 5.91 Å². The van der Waals surface area contributed by atoms with Crippen LogP contribution in [-0.4, -0.2) is 35.8 Å². The molecule has 0 aliphatic carbocycles. The van der Waals surface area contributed by atoms with Gasteiger partial charge in [-0.1, -0.05) is 35.7 Å². The summed E-state index contributed by atoms with van der Waals surface area (Å²) in [4.78, 5) is 18.0. The molecule has 1 aromatic rings. The Kier molecular flexibility index (Phi) is 3.90. The third-order valence-electron chi connectivity index (χ3n) is 3.40. The lowest BCUT2D eigenvalue weighted by Gasteiger charge is -2.15. The number of likely N-dealkylation sites (N-methyl/N-ethyl adjacent to an activating group) is 1. The first kappa shape index (κ1) is 14.7. The Balaban J connectivity index is 2.01. The lowest BCUT2D eigenvalue weighted by Crippen LogP contribution is -2.28. The average Bonchev–Trinajstić information content (AvgIpc) is 2.96. The molecule has 1 saturated heterocycles. The Morgan fingerprint density at radius 2 is 2.10 bits per heavy atom. The molecule has 1 amide bonds. The number of benzene rings is 1. The van der Waals surface area contributed by atoms with Gasteiger partial charge >= 0.3 is 0 Å². The minimum atomic E-state index is 0.00150. The number of nitrogens with zero attached hydrogens (tertiary/aromatic N) is 2. The Morgan fingerprint density at radius 3 is 2.71 bits per heavy atom. The van der Waals surface area contributed by atoms with Gasteiger partial charge < -0.3 is 9.64 Å². The summed E-state index contributed by atoms with van der Waals surface area (Å²) in [5, 5.41) is 0.937. The van der Waals surface area contributed by atoms with Crippen molar-refractivity contribution in [2.24, 2.45) is 0 Å². The van der Waals surface area contributed by atoms with Gasteiger partial charge in [-0.2, -0.15) is 0 Å². The predicted molar refractivity (Wildman–Crippen MR) is 91.9 cm³/mol. The zero-order valence-electron chi connectivity index (χ0n) is 11.9. The maximum atomic E-state index is 12.4. The van der Waals surface area contributed by atoms with Crippen LogP contribution < -0.4 is 9.64 Å². The zero-order valence-corrected chi connectivity index (χ0v) is 14.3. The van der Waals surface area contributed by atoms with Crippen molar-refractivity contribution in [2.45, 2.75) is 11.8 Å². The maximum absolute atomic E-state index is 12.4. The molecule has 7 heteroatoms. The van der Waals surface area contributed by atoms with Crippen LogP contribution in [0.4, 0.5) is 5.69 Å². The fourth-order valence-electron chi connectivity index (χ4n) is 2.25. The summed E-state index contributed by atoms with van der Waals surface area (Å²) in [5.41, 5.74) is 1.05. The highest BCUT2D eigenvalue weighted by molar-refractivity contribution is 8.27. The van der Waals surface area contributed by atoms with Crippen LogP contribution >= 0.6 is 35.7 Å². The summed E-state index contributed by atoms with van der Waals surface area (Å²) in [6, 6.07) is 5.93. The second kappa shape index (κ2) is 5.55. The molecular weight excluding hydrogens is 324 g/mol. The second-order valence-corrected chi connectivity index (χ2v) is 7.22. The van der Waals surface area contributed by atoms with E-state index in [0.717, 1.165) is 21.4 Å². The number of carbonyl (C=O) groups excluding carboxylic acids is 1. The van der Waals surface area contributed by atoms with Crippen LogP contribution in [0, 0.1) is 0 Å². The van der Waals surface area contributed by atoms with Crippen molar-refractivity contribution in [3.05, 3.63) is 28.1 Å². The van der Waals surface area contributed by atoms with Gasteiger partial charge in [0, 0.05) is 24.6 Å². The smallest absolute Gasteiger partial charge is 0.268 e.